The molecule has 0 aliphatic carbocycles. The number of aryl methyl sites for hydroxylation is 1. The Bertz CT molecular complexity index is 5150. The molecule has 0 heterocycles. The number of carbonyl (C=O) groups is 1. The molecule has 15 N–H and O–H groups in total. The van der Waals surface area contributed by atoms with Crippen molar-refractivity contribution in [2.24, 2.45) is 36.6 Å². The number of non-ortho nitro benzene ring substituents is 1. The van der Waals surface area contributed by atoms with Crippen LogP contribution in [0.25, 0.3) is 21.5 Å². The van der Waals surface area contributed by atoms with E-state index in [1.807, 2.05) is 10.9 Å². The van der Waals surface area contributed by atoms with Crippen LogP contribution in [-0.4, -0.2) is 125 Å². The van der Waals surface area contributed by atoms with Crippen molar-refractivity contribution in [1.29, 1.82) is 0 Å². The van der Waals surface area contributed by atoms with E-state index in [9.17, 15) is 116 Å². The molecule has 7 rings (SSSR count). The number of nitro benzene ring substituents is 1. The molecule has 0 radical (unpaired) electrons. The maximum absolute atomic E-state index is 13.2. The van der Waals surface area contributed by atoms with E-state index in [0.717, 1.165) is 30.3 Å². The summed E-state index contributed by atoms with van der Waals surface area (Å²) in [5.41, 5.74) is 1.47. The van der Waals surface area contributed by atoms with Crippen molar-refractivity contribution in [1.82, 2.24) is 0 Å². The van der Waals surface area contributed by atoms with Crippen molar-refractivity contribution in [3.8, 4) is 17.2 Å². The van der Waals surface area contributed by atoms with Crippen LogP contribution >= 0.6 is 0 Å². The van der Waals surface area contributed by atoms with Gasteiger partial charge in [-0.15, -0.1) is 25.6 Å². The lowest BCUT2D eigenvalue weighted by Crippen LogP contribution is -2.16. The minimum atomic E-state index is -5.77. The summed E-state index contributed by atoms with van der Waals surface area (Å²) < 4.78 is 245. The van der Waals surface area contributed by atoms with E-state index in [-0.39, 0.29) is 17.7 Å². The van der Waals surface area contributed by atoms with Gasteiger partial charge in [0.25, 0.3) is 76.5 Å². The van der Waals surface area contributed by atoms with Crippen LogP contribution in [0.1, 0.15) is 22.3 Å². The molecular weight excluding hydrogens is 1340 g/mol. The molecule has 0 fully saturated rings. The number of fused-ring (bicyclic) bond motifs is 2. The number of aromatic carboxylic acids is 1. The van der Waals surface area contributed by atoms with Crippen molar-refractivity contribution in [3.05, 3.63) is 100 Å². The van der Waals surface area contributed by atoms with E-state index in [2.05, 4.69) is 35.0 Å². The third-order valence-electron chi connectivity index (χ3n) is 11.9. The molecule has 0 saturated heterocycles. The Morgan fingerprint density at radius 2 is 1.16 bits per heavy atom. The molecule has 0 spiro atoms. The first kappa shape index (κ1) is 67.4. The van der Waals surface area contributed by atoms with E-state index < -0.39 is 219 Å². The fourth-order valence-electron chi connectivity index (χ4n) is 7.92. The standard InChI is InChI=1S/C43H37N11O28S7/c1-18-11-29(31(81-9-2-10-83(61,62)82-45)16-28(18)49-46-25-7-4-20(84(63,64)65)13-23(25)43(57)58)50-52-38-34(87(72,73)74)14-22-21(40(38)55)5-8-27(42(22)89(78,79)80)48-51-30-17-32(85(66,67)68)24-15-35(88(75,76)77)39(41(56)36(24)37(30)44)53-47-26-6-3-19(54(59)60)12-33(26)86(69,70)71/h3-8,11-17,47,53,55-56H,2,9-10,44-45H2,1H3,(H,57,58)(H,63,64,65)(H,66,67,68)(H,69,70,71)(H,72,73,74)(H,75,76,77)(H,78,79,80). The molecule has 474 valence electrons. The first-order chi connectivity index (χ1) is 40.9. The third kappa shape index (κ3) is 14.9. The van der Waals surface area contributed by atoms with E-state index in [0.29, 0.717) is 48.5 Å². The number of carboxylic acids is 1. The highest BCUT2D eigenvalue weighted by atomic mass is 32.2. The van der Waals surface area contributed by atoms with Crippen molar-refractivity contribution in [2.45, 2.75) is 42.7 Å². The second-order valence-electron chi connectivity index (χ2n) is 17.7. The number of azo groups is 3. The fourth-order valence-corrected chi connectivity index (χ4v) is 12.5. The monoisotopic (exact) mass is 1380 g/mol. The second kappa shape index (κ2) is 24.4. The summed E-state index contributed by atoms with van der Waals surface area (Å²) in [7, 11) is -37.3. The largest absolute Gasteiger partial charge is 0.505 e. The van der Waals surface area contributed by atoms with Crippen LogP contribution in [-0.2, 0) is 75.1 Å². The summed E-state index contributed by atoms with van der Waals surface area (Å²) in [6.45, 7) is 0.830. The van der Waals surface area contributed by atoms with Gasteiger partial charge >= 0.3 is 5.97 Å². The third-order valence-corrected chi connectivity index (χ3v) is 18.3. The number of hydrogen-bond donors (Lipinski definition) is 13. The van der Waals surface area contributed by atoms with Crippen LogP contribution in [0.2, 0.25) is 0 Å². The fraction of sp³-hybridized carbons (Fsp3) is 0.0930. The Morgan fingerprint density at radius 1 is 0.584 bits per heavy atom. The lowest BCUT2D eigenvalue weighted by atomic mass is 10.0. The zero-order valence-corrected chi connectivity index (χ0v) is 49.3. The number of rotatable bonds is 23. The summed E-state index contributed by atoms with van der Waals surface area (Å²) in [4.78, 5) is 14.4. The van der Waals surface area contributed by atoms with Gasteiger partial charge in [-0.25, -0.2) is 4.79 Å². The molecule has 46 heteroatoms. The van der Waals surface area contributed by atoms with Gasteiger partial charge in [0.1, 0.15) is 64.4 Å². The van der Waals surface area contributed by atoms with Gasteiger partial charge in [0, 0.05) is 34.4 Å². The maximum Gasteiger partial charge on any atom is 0.338 e. The molecule has 0 bridgehead atoms. The highest BCUT2D eigenvalue weighted by Crippen LogP contribution is 2.49. The van der Waals surface area contributed by atoms with Gasteiger partial charge in [-0.3, -0.25) is 48.3 Å². The molecule has 0 aromatic heterocycles. The number of nitrogens with zero attached hydrogens (tertiary/aromatic N) is 7. The smallest absolute Gasteiger partial charge is 0.338 e. The molecule has 0 saturated carbocycles. The summed E-state index contributed by atoms with van der Waals surface area (Å²) in [5, 5.41) is 63.2. The maximum atomic E-state index is 13.2. The molecule has 0 aliphatic rings. The van der Waals surface area contributed by atoms with Crippen LogP contribution < -0.4 is 27.2 Å². The Morgan fingerprint density at radius 3 is 1.73 bits per heavy atom. The number of nitrogen functional groups attached to an aromatic ring is 1. The molecule has 0 aliphatic heterocycles. The Balaban J connectivity index is 1.37. The number of phenols is 2. The van der Waals surface area contributed by atoms with Crippen LogP contribution in [0.5, 0.6) is 17.2 Å². The molecule has 89 heavy (non-hydrogen) atoms. The van der Waals surface area contributed by atoms with Crippen LogP contribution in [0.3, 0.4) is 0 Å². The van der Waals surface area contributed by atoms with E-state index in [4.69, 9.17) is 16.4 Å². The Kier molecular flexibility index (Phi) is 18.5. The van der Waals surface area contributed by atoms with Crippen molar-refractivity contribution in [2.75, 3.05) is 28.9 Å². The zero-order chi connectivity index (χ0) is 66.5. The molecule has 0 unspecified atom stereocenters. The molecule has 0 atom stereocenters. The number of nitrogens with two attached hydrogens (primary N) is 2. The van der Waals surface area contributed by atoms with Crippen molar-refractivity contribution in [3.63, 3.8) is 0 Å². The highest BCUT2D eigenvalue weighted by Gasteiger charge is 2.32. The Hall–Kier alpha value is -9.14. The van der Waals surface area contributed by atoms with Gasteiger partial charge in [0.2, 0.25) is 0 Å². The molecule has 7 aromatic rings. The van der Waals surface area contributed by atoms with E-state index in [1.165, 1.54) is 6.92 Å². The number of carboxylic acid groups (broad SMARTS) is 1. The SMILES string of the molecule is Cc1cc(N=Nc2c(S(=O)(=O)O)cc3c(S(=O)(=O)O)c(N=Nc4cc(S(=O)(=O)O)c5cc(S(=O)(=O)O)c(NNc6ccc([N+](=O)[O-])cc6S(=O)(=O)O)c(O)c5c4N)ccc3c2O)c(OCCCS(=O)(=O)ON)cc1N=Nc1ccc(S(=O)(=O)O)cc1C(=O)O. The normalized spacial score (nSPS) is 13.0. The predicted octanol–water partition coefficient (Wildman–Crippen LogP) is 6.06. The van der Waals surface area contributed by atoms with Gasteiger partial charge in [-0.05, 0) is 79.6 Å². The lowest BCUT2D eigenvalue weighted by molar-refractivity contribution is -0.385. The highest BCUT2D eigenvalue weighted by molar-refractivity contribution is 7.87. The molecule has 0 amide bonds. The first-order valence-corrected chi connectivity index (χ1v) is 33.3. The van der Waals surface area contributed by atoms with Gasteiger partial charge in [-0.1, -0.05) is 0 Å². The van der Waals surface area contributed by atoms with Crippen LogP contribution in [0, 0.1) is 17.0 Å². The molecule has 39 nitrogen and oxygen atoms in total. The number of ether oxygens (including phenoxy) is 1. The number of nitrogens with one attached hydrogen (secondary N) is 2. The van der Waals surface area contributed by atoms with Gasteiger partial charge < -0.3 is 25.8 Å². The zero-order valence-electron chi connectivity index (χ0n) is 43.6. The number of aromatic hydroxyl groups is 2. The number of nitro groups is 1. The topological polar surface area (TPSA) is 650 Å². The second-order valence-corrected chi connectivity index (χ2v) is 27.8. The Labute approximate surface area is 498 Å². The molecular formula is C43H37N11O28S7. The van der Waals surface area contributed by atoms with Crippen molar-refractivity contribution >= 4 is 155 Å². The van der Waals surface area contributed by atoms with Gasteiger partial charge in [0.05, 0.1) is 50.2 Å². The number of hydrazine groups is 1. The number of anilines is 3. The van der Waals surface area contributed by atoms with E-state index in [1.54, 1.807) is 0 Å². The summed E-state index contributed by atoms with van der Waals surface area (Å²) >= 11 is 0. The number of phenolic OH excluding ortho intramolecular Hbond substituents is 2. The minimum Gasteiger partial charge on any atom is -0.505 e. The van der Waals surface area contributed by atoms with Crippen molar-refractivity contribution < 1.29 is 120 Å². The number of hydrogen-bond acceptors (Lipinski definition) is 31. The summed E-state index contributed by atoms with van der Waals surface area (Å²) in [6, 6.07) is 8.53. The average molecular weight is 1380 g/mol. The average Bonchev–Trinajstić information content (AvgIpc) is 0.765. The minimum absolute atomic E-state index is 0.0654. The van der Waals surface area contributed by atoms with Gasteiger partial charge in [0.15, 0.2) is 11.5 Å². The quantitative estimate of drug-likeness (QED) is 0.00658. The van der Waals surface area contributed by atoms with Gasteiger partial charge in [-0.2, -0.15) is 74.2 Å². The predicted molar refractivity (Wildman–Crippen MR) is 301 cm³/mol. The first-order valence-electron chi connectivity index (χ1n) is 23.1. The summed E-state index contributed by atoms with van der Waals surface area (Å²) in [6.07, 6.45) is -0.345. The van der Waals surface area contributed by atoms with Crippen LogP contribution in [0.15, 0.2) is 139 Å². The van der Waals surface area contributed by atoms with Crippen LogP contribution in [0.4, 0.5) is 56.9 Å². The molecule has 7 aromatic carbocycles. The number of benzene rings is 7. The lowest BCUT2D eigenvalue weighted by Gasteiger charge is -2.19. The van der Waals surface area contributed by atoms with E-state index >= 15 is 0 Å². The summed E-state index contributed by atoms with van der Waals surface area (Å²) in [5.74, 6) is -0.871.